The van der Waals surface area contributed by atoms with Crippen LogP contribution in [0.15, 0.2) is 12.3 Å². The second-order valence-corrected chi connectivity index (χ2v) is 4.60. The Labute approximate surface area is 109 Å². The van der Waals surface area contributed by atoms with Crippen molar-refractivity contribution in [2.45, 2.75) is 51.9 Å². The molecule has 0 fully saturated rings. The first kappa shape index (κ1) is 14.5. The number of nitrogens with zero attached hydrogens (tertiary/aromatic N) is 1. The number of aryl methyl sites for hydroxylation is 1. The monoisotopic (exact) mass is 249 g/mol. The normalized spacial score (nSPS) is 10.5. The lowest BCUT2D eigenvalue weighted by Crippen LogP contribution is -2.17. The van der Waals surface area contributed by atoms with E-state index in [1.54, 1.807) is 12.3 Å². The zero-order chi connectivity index (χ0) is 13.4. The summed E-state index contributed by atoms with van der Waals surface area (Å²) in [5.41, 5.74) is 12.6. The molecule has 1 aromatic rings. The minimum Gasteiger partial charge on any atom is -0.398 e. The summed E-state index contributed by atoms with van der Waals surface area (Å²) in [4.78, 5) is 15.5. The van der Waals surface area contributed by atoms with Gasteiger partial charge in [0.1, 0.15) is 0 Å². The second kappa shape index (κ2) is 7.69. The average Bonchev–Trinajstić information content (AvgIpc) is 2.33. The number of nitrogens with two attached hydrogens (primary N) is 2. The van der Waals surface area contributed by atoms with E-state index in [4.69, 9.17) is 11.5 Å². The Morgan fingerprint density at radius 3 is 2.56 bits per heavy atom. The molecule has 1 rings (SSSR count). The summed E-state index contributed by atoms with van der Waals surface area (Å²) in [6.45, 7) is 2.20. The SMILES string of the molecule is CCCCCCCCc1nccc(N)c1C(N)=O. The van der Waals surface area contributed by atoms with Crippen LogP contribution in [0.1, 0.15) is 61.5 Å². The molecule has 0 aliphatic heterocycles. The highest BCUT2D eigenvalue weighted by atomic mass is 16.1. The third-order valence-corrected chi connectivity index (χ3v) is 3.08. The lowest BCUT2D eigenvalue weighted by molar-refractivity contribution is 0.1000. The first-order valence-corrected chi connectivity index (χ1v) is 6.70. The number of amides is 1. The Balaban J connectivity index is 2.47. The van der Waals surface area contributed by atoms with Gasteiger partial charge in [0.15, 0.2) is 0 Å². The van der Waals surface area contributed by atoms with Crippen LogP contribution in [0, 0.1) is 0 Å². The molecule has 0 saturated carbocycles. The lowest BCUT2D eigenvalue weighted by atomic mass is 10.0. The molecule has 4 N–H and O–H groups in total. The predicted octanol–water partition coefficient (Wildman–Crippen LogP) is 2.67. The van der Waals surface area contributed by atoms with E-state index in [1.165, 1.54) is 25.7 Å². The highest BCUT2D eigenvalue weighted by Crippen LogP contribution is 2.17. The van der Waals surface area contributed by atoms with Gasteiger partial charge in [-0.25, -0.2) is 0 Å². The van der Waals surface area contributed by atoms with E-state index in [2.05, 4.69) is 11.9 Å². The van der Waals surface area contributed by atoms with Crippen LogP contribution < -0.4 is 11.5 Å². The highest BCUT2D eigenvalue weighted by Gasteiger charge is 2.12. The summed E-state index contributed by atoms with van der Waals surface area (Å²) in [6, 6.07) is 1.62. The van der Waals surface area contributed by atoms with E-state index in [-0.39, 0.29) is 0 Å². The van der Waals surface area contributed by atoms with E-state index in [9.17, 15) is 4.79 Å². The molecule has 0 bridgehead atoms. The fourth-order valence-corrected chi connectivity index (χ4v) is 2.07. The smallest absolute Gasteiger partial charge is 0.252 e. The molecule has 4 nitrogen and oxygen atoms in total. The number of rotatable bonds is 8. The summed E-state index contributed by atoms with van der Waals surface area (Å²) in [6.07, 6.45) is 9.66. The van der Waals surface area contributed by atoms with Crippen molar-refractivity contribution in [3.63, 3.8) is 0 Å². The fraction of sp³-hybridized carbons (Fsp3) is 0.571. The largest absolute Gasteiger partial charge is 0.398 e. The Hall–Kier alpha value is -1.58. The van der Waals surface area contributed by atoms with Crippen molar-refractivity contribution >= 4 is 11.6 Å². The van der Waals surface area contributed by atoms with Crippen molar-refractivity contribution in [3.8, 4) is 0 Å². The van der Waals surface area contributed by atoms with Crippen LogP contribution in [-0.2, 0) is 6.42 Å². The van der Waals surface area contributed by atoms with Gasteiger partial charge < -0.3 is 11.5 Å². The van der Waals surface area contributed by atoms with Gasteiger partial charge in [-0.2, -0.15) is 0 Å². The molecule has 0 unspecified atom stereocenters. The molecule has 18 heavy (non-hydrogen) atoms. The number of hydrogen-bond donors (Lipinski definition) is 2. The molecule has 0 spiro atoms. The second-order valence-electron chi connectivity index (χ2n) is 4.60. The quantitative estimate of drug-likeness (QED) is 0.695. The van der Waals surface area contributed by atoms with Crippen LogP contribution >= 0.6 is 0 Å². The number of primary amides is 1. The van der Waals surface area contributed by atoms with Crippen molar-refractivity contribution in [2.75, 3.05) is 5.73 Å². The first-order valence-electron chi connectivity index (χ1n) is 6.70. The van der Waals surface area contributed by atoms with Crippen molar-refractivity contribution in [3.05, 3.63) is 23.5 Å². The van der Waals surface area contributed by atoms with E-state index in [0.717, 1.165) is 25.0 Å². The van der Waals surface area contributed by atoms with Gasteiger partial charge >= 0.3 is 0 Å². The molecular weight excluding hydrogens is 226 g/mol. The number of carbonyl (C=O) groups is 1. The third-order valence-electron chi connectivity index (χ3n) is 3.08. The molecule has 1 heterocycles. The Kier molecular flexibility index (Phi) is 6.19. The van der Waals surface area contributed by atoms with Crippen molar-refractivity contribution in [2.24, 2.45) is 5.73 Å². The topological polar surface area (TPSA) is 82.0 Å². The molecule has 100 valence electrons. The number of carbonyl (C=O) groups excluding carboxylic acids is 1. The first-order chi connectivity index (χ1) is 8.66. The predicted molar refractivity (Wildman–Crippen MR) is 74.2 cm³/mol. The van der Waals surface area contributed by atoms with Crippen molar-refractivity contribution < 1.29 is 4.79 Å². The number of unbranched alkanes of at least 4 members (excludes halogenated alkanes) is 5. The molecule has 0 aromatic carbocycles. The standard InChI is InChI=1S/C14H23N3O/c1-2-3-4-5-6-7-8-12-13(14(16)18)11(15)9-10-17-12/h9-10H,2-8H2,1H3,(H2,15,17)(H2,16,18). The van der Waals surface area contributed by atoms with Crippen LogP contribution in [0.4, 0.5) is 5.69 Å². The number of hydrogen-bond acceptors (Lipinski definition) is 3. The van der Waals surface area contributed by atoms with E-state index < -0.39 is 5.91 Å². The molecule has 0 aliphatic rings. The van der Waals surface area contributed by atoms with Crippen LogP contribution in [0.2, 0.25) is 0 Å². The van der Waals surface area contributed by atoms with Gasteiger partial charge in [0, 0.05) is 11.9 Å². The zero-order valence-corrected chi connectivity index (χ0v) is 11.1. The molecule has 1 aromatic heterocycles. The minimum absolute atomic E-state index is 0.394. The van der Waals surface area contributed by atoms with E-state index in [0.29, 0.717) is 11.3 Å². The molecule has 0 saturated heterocycles. The zero-order valence-electron chi connectivity index (χ0n) is 11.1. The van der Waals surface area contributed by atoms with Crippen LogP contribution in [0.25, 0.3) is 0 Å². The summed E-state index contributed by atoms with van der Waals surface area (Å²) in [5.74, 6) is -0.485. The molecule has 4 heteroatoms. The summed E-state index contributed by atoms with van der Waals surface area (Å²) < 4.78 is 0. The third kappa shape index (κ3) is 4.35. The van der Waals surface area contributed by atoms with Gasteiger partial charge in [0.05, 0.1) is 11.3 Å². The van der Waals surface area contributed by atoms with Gasteiger partial charge in [-0.1, -0.05) is 39.0 Å². The fourth-order valence-electron chi connectivity index (χ4n) is 2.07. The van der Waals surface area contributed by atoms with Gasteiger partial charge in [-0.3, -0.25) is 9.78 Å². The average molecular weight is 249 g/mol. The van der Waals surface area contributed by atoms with Crippen molar-refractivity contribution in [1.82, 2.24) is 4.98 Å². The Morgan fingerprint density at radius 1 is 1.22 bits per heavy atom. The minimum atomic E-state index is -0.485. The maximum atomic E-state index is 11.3. The number of pyridine rings is 1. The molecular formula is C14H23N3O. The molecule has 0 aliphatic carbocycles. The van der Waals surface area contributed by atoms with Crippen molar-refractivity contribution in [1.29, 1.82) is 0 Å². The Morgan fingerprint density at radius 2 is 1.89 bits per heavy atom. The highest BCUT2D eigenvalue weighted by molar-refractivity contribution is 5.98. The van der Waals surface area contributed by atoms with Crippen LogP contribution in [0.5, 0.6) is 0 Å². The van der Waals surface area contributed by atoms with Gasteiger partial charge in [0.25, 0.3) is 5.91 Å². The number of aromatic nitrogens is 1. The van der Waals surface area contributed by atoms with Crippen LogP contribution in [-0.4, -0.2) is 10.9 Å². The van der Waals surface area contributed by atoms with Gasteiger partial charge in [-0.15, -0.1) is 0 Å². The van der Waals surface area contributed by atoms with E-state index >= 15 is 0 Å². The number of nitrogen functional groups attached to an aromatic ring is 1. The molecule has 0 radical (unpaired) electrons. The summed E-state index contributed by atoms with van der Waals surface area (Å²) >= 11 is 0. The summed E-state index contributed by atoms with van der Waals surface area (Å²) in [5, 5.41) is 0. The van der Waals surface area contributed by atoms with Crippen LogP contribution in [0.3, 0.4) is 0 Å². The maximum absolute atomic E-state index is 11.3. The van der Waals surface area contributed by atoms with E-state index in [1.807, 2.05) is 0 Å². The number of anilines is 1. The van der Waals surface area contributed by atoms with Gasteiger partial charge in [-0.05, 0) is 18.9 Å². The Bertz CT molecular complexity index is 391. The maximum Gasteiger partial charge on any atom is 0.252 e. The lowest BCUT2D eigenvalue weighted by Gasteiger charge is -2.08. The molecule has 1 amide bonds. The molecule has 0 atom stereocenters. The summed E-state index contributed by atoms with van der Waals surface area (Å²) in [7, 11) is 0. The van der Waals surface area contributed by atoms with Gasteiger partial charge in [0.2, 0.25) is 0 Å².